The van der Waals surface area contributed by atoms with Crippen LogP contribution in [0.4, 0.5) is 30.8 Å². The lowest BCUT2D eigenvalue weighted by atomic mass is 10.2. The van der Waals surface area contributed by atoms with Crippen molar-refractivity contribution in [3.63, 3.8) is 0 Å². The largest absolute Gasteiger partial charge is 0.416 e. The van der Waals surface area contributed by atoms with Gasteiger partial charge in [-0.05, 0) is 36.2 Å². The van der Waals surface area contributed by atoms with Gasteiger partial charge in [0.1, 0.15) is 0 Å². The Bertz CT molecular complexity index is 743. The van der Waals surface area contributed by atoms with Crippen molar-refractivity contribution in [1.29, 1.82) is 0 Å². The highest BCUT2D eigenvalue weighted by Crippen LogP contribution is 2.31. The first-order chi connectivity index (χ1) is 11.3. The number of β-amino-alcohol motifs (C(OH)–C–C–N with tert-alkyl or cyclic N) is 1. The maximum absolute atomic E-state index is 12.8. The van der Waals surface area contributed by atoms with E-state index in [4.69, 9.17) is 11.6 Å². The van der Waals surface area contributed by atoms with Gasteiger partial charge in [0.2, 0.25) is 17.2 Å². The molecule has 0 spiro atoms. The number of benzene rings is 1. The van der Waals surface area contributed by atoms with Crippen molar-refractivity contribution in [3.8, 4) is 0 Å². The molecule has 2 heterocycles. The van der Waals surface area contributed by atoms with Crippen LogP contribution in [-0.2, 0) is 6.18 Å². The molecule has 2 N–H and O–H groups in total. The summed E-state index contributed by atoms with van der Waals surface area (Å²) in [5.74, 6) is 0.298. The average Bonchev–Trinajstić information content (AvgIpc) is 2.93. The number of aliphatic hydroxyl groups is 1. The zero-order valence-corrected chi connectivity index (χ0v) is 13.0. The molecule has 3 rings (SSSR count). The van der Waals surface area contributed by atoms with E-state index in [0.29, 0.717) is 19.5 Å². The smallest absolute Gasteiger partial charge is 0.391 e. The highest BCUT2D eigenvalue weighted by molar-refractivity contribution is 6.28. The zero-order chi connectivity index (χ0) is 17.3. The molecule has 1 fully saturated rings. The molecule has 1 aromatic carbocycles. The van der Waals surface area contributed by atoms with Crippen LogP contribution in [0.2, 0.25) is 5.28 Å². The third-order valence-electron chi connectivity index (χ3n) is 3.49. The SMILES string of the molecule is O[C@H]1CCN(c2nc(Cl)nc(Nc3cccc(C(F)(F)F)c3)n2)C1. The van der Waals surface area contributed by atoms with Crippen LogP contribution >= 0.6 is 11.6 Å². The van der Waals surface area contributed by atoms with Crippen molar-refractivity contribution >= 4 is 29.2 Å². The maximum atomic E-state index is 12.8. The Morgan fingerprint density at radius 3 is 2.71 bits per heavy atom. The van der Waals surface area contributed by atoms with Crippen molar-refractivity contribution in [2.45, 2.75) is 18.7 Å². The summed E-state index contributed by atoms with van der Waals surface area (Å²) < 4.78 is 38.3. The van der Waals surface area contributed by atoms with E-state index in [9.17, 15) is 18.3 Å². The Morgan fingerprint density at radius 2 is 2.04 bits per heavy atom. The summed E-state index contributed by atoms with van der Waals surface area (Å²) >= 11 is 5.86. The molecule has 0 bridgehead atoms. The topological polar surface area (TPSA) is 74.2 Å². The van der Waals surface area contributed by atoms with Crippen LogP contribution in [-0.4, -0.2) is 39.3 Å². The minimum Gasteiger partial charge on any atom is -0.391 e. The third-order valence-corrected chi connectivity index (χ3v) is 3.66. The van der Waals surface area contributed by atoms with E-state index in [-0.39, 0.29) is 22.9 Å². The standard InChI is InChI=1S/C14H13ClF3N5O/c15-11-20-12(22-13(21-11)23-5-4-10(24)7-23)19-9-3-1-2-8(6-9)14(16,17)18/h1-3,6,10,24H,4-5,7H2,(H,19,20,21,22)/t10-/m0/s1. The van der Waals surface area contributed by atoms with Gasteiger partial charge < -0.3 is 15.3 Å². The lowest BCUT2D eigenvalue weighted by Gasteiger charge is -2.16. The second-order valence-corrected chi connectivity index (χ2v) is 5.66. The molecule has 1 aliphatic rings. The fourth-order valence-electron chi connectivity index (χ4n) is 2.36. The molecule has 1 saturated heterocycles. The van der Waals surface area contributed by atoms with E-state index in [1.54, 1.807) is 4.90 Å². The van der Waals surface area contributed by atoms with Crippen molar-refractivity contribution in [1.82, 2.24) is 15.0 Å². The molecular weight excluding hydrogens is 347 g/mol. The van der Waals surface area contributed by atoms with Crippen molar-refractivity contribution in [2.75, 3.05) is 23.3 Å². The molecule has 1 atom stereocenters. The third kappa shape index (κ3) is 3.85. The Kier molecular flexibility index (Phi) is 4.46. The van der Waals surface area contributed by atoms with Gasteiger partial charge in [0.15, 0.2) is 0 Å². The quantitative estimate of drug-likeness (QED) is 0.878. The van der Waals surface area contributed by atoms with Crippen molar-refractivity contribution in [3.05, 3.63) is 35.1 Å². The number of hydrogen-bond donors (Lipinski definition) is 2. The molecule has 1 aliphatic heterocycles. The molecule has 128 valence electrons. The summed E-state index contributed by atoms with van der Waals surface area (Å²) in [7, 11) is 0. The van der Waals surface area contributed by atoms with E-state index in [0.717, 1.165) is 12.1 Å². The summed E-state index contributed by atoms with van der Waals surface area (Å²) in [6, 6.07) is 4.68. The molecule has 0 saturated carbocycles. The normalized spacial score (nSPS) is 18.0. The Morgan fingerprint density at radius 1 is 1.25 bits per heavy atom. The first-order valence-corrected chi connectivity index (χ1v) is 7.48. The summed E-state index contributed by atoms with van der Waals surface area (Å²) in [5, 5.41) is 12.2. The average molecular weight is 360 g/mol. The molecular formula is C14H13ClF3N5O. The van der Waals surface area contributed by atoms with Crippen LogP contribution in [0.25, 0.3) is 0 Å². The van der Waals surface area contributed by atoms with Crippen LogP contribution in [0.15, 0.2) is 24.3 Å². The fraction of sp³-hybridized carbons (Fsp3) is 0.357. The second-order valence-electron chi connectivity index (χ2n) is 5.32. The summed E-state index contributed by atoms with van der Waals surface area (Å²) in [6.45, 7) is 0.924. The lowest BCUT2D eigenvalue weighted by Crippen LogP contribution is -2.24. The number of halogens is 4. The van der Waals surface area contributed by atoms with Gasteiger partial charge in [0.05, 0.1) is 11.7 Å². The van der Waals surface area contributed by atoms with E-state index < -0.39 is 17.8 Å². The van der Waals surface area contributed by atoms with E-state index in [2.05, 4.69) is 20.3 Å². The molecule has 0 unspecified atom stereocenters. The Labute approximate surface area is 140 Å². The molecule has 0 amide bonds. The number of nitrogens with one attached hydrogen (secondary N) is 1. The monoisotopic (exact) mass is 359 g/mol. The van der Waals surface area contributed by atoms with Gasteiger partial charge >= 0.3 is 6.18 Å². The van der Waals surface area contributed by atoms with Crippen LogP contribution < -0.4 is 10.2 Å². The van der Waals surface area contributed by atoms with Crippen molar-refractivity contribution < 1.29 is 18.3 Å². The maximum Gasteiger partial charge on any atom is 0.416 e. The molecule has 6 nitrogen and oxygen atoms in total. The van der Waals surface area contributed by atoms with Crippen LogP contribution in [0.5, 0.6) is 0 Å². The number of rotatable bonds is 3. The second kappa shape index (κ2) is 6.40. The first-order valence-electron chi connectivity index (χ1n) is 7.10. The van der Waals surface area contributed by atoms with Crippen LogP contribution in [0.1, 0.15) is 12.0 Å². The van der Waals surface area contributed by atoms with E-state index in [1.807, 2.05) is 0 Å². The minimum atomic E-state index is -4.44. The highest BCUT2D eigenvalue weighted by atomic mass is 35.5. The highest BCUT2D eigenvalue weighted by Gasteiger charge is 2.30. The van der Waals surface area contributed by atoms with Gasteiger partial charge in [-0.25, -0.2) is 0 Å². The number of nitrogens with zero attached hydrogens (tertiary/aromatic N) is 4. The van der Waals surface area contributed by atoms with Gasteiger partial charge in [-0.3, -0.25) is 0 Å². The Hall–Kier alpha value is -2.13. The molecule has 2 aromatic rings. The number of aromatic nitrogens is 3. The molecule has 24 heavy (non-hydrogen) atoms. The van der Waals surface area contributed by atoms with Gasteiger partial charge in [0.25, 0.3) is 0 Å². The molecule has 10 heteroatoms. The fourth-order valence-corrected chi connectivity index (χ4v) is 2.52. The van der Waals surface area contributed by atoms with Gasteiger partial charge in [-0.1, -0.05) is 6.07 Å². The summed E-state index contributed by atoms with van der Waals surface area (Å²) in [5.41, 5.74) is -0.602. The lowest BCUT2D eigenvalue weighted by molar-refractivity contribution is -0.137. The summed E-state index contributed by atoms with van der Waals surface area (Å²) in [4.78, 5) is 13.7. The van der Waals surface area contributed by atoms with Crippen molar-refractivity contribution in [2.24, 2.45) is 0 Å². The number of anilines is 3. The van der Waals surface area contributed by atoms with E-state index in [1.165, 1.54) is 12.1 Å². The predicted octanol–water partition coefficient (Wildman–Crippen LogP) is 2.86. The van der Waals surface area contributed by atoms with Crippen LogP contribution in [0, 0.1) is 0 Å². The molecule has 0 aliphatic carbocycles. The minimum absolute atomic E-state index is 0.0331. The summed E-state index contributed by atoms with van der Waals surface area (Å²) in [6.07, 6.45) is -4.33. The first kappa shape index (κ1) is 16.7. The Balaban J connectivity index is 1.84. The van der Waals surface area contributed by atoms with Gasteiger partial charge in [0, 0.05) is 18.8 Å². The van der Waals surface area contributed by atoms with E-state index >= 15 is 0 Å². The predicted molar refractivity (Wildman–Crippen MR) is 82.4 cm³/mol. The zero-order valence-electron chi connectivity index (χ0n) is 12.3. The number of aliphatic hydroxyl groups excluding tert-OH is 1. The van der Waals surface area contributed by atoms with Gasteiger partial charge in [-0.2, -0.15) is 28.1 Å². The number of hydrogen-bond acceptors (Lipinski definition) is 6. The number of alkyl halides is 3. The van der Waals surface area contributed by atoms with Gasteiger partial charge in [-0.15, -0.1) is 0 Å². The molecule has 1 aromatic heterocycles. The molecule has 0 radical (unpaired) electrons. The van der Waals surface area contributed by atoms with Crippen LogP contribution in [0.3, 0.4) is 0 Å².